The van der Waals surface area contributed by atoms with Gasteiger partial charge in [0.05, 0.1) is 17.7 Å². The van der Waals surface area contributed by atoms with Gasteiger partial charge in [0.25, 0.3) is 5.91 Å². The Bertz CT molecular complexity index is 633. The molecule has 2 rings (SSSR count). The van der Waals surface area contributed by atoms with Crippen LogP contribution in [0.15, 0.2) is 18.2 Å². The number of hydrogen-bond donors (Lipinski definition) is 1. The van der Waals surface area contributed by atoms with Crippen molar-refractivity contribution in [3.63, 3.8) is 0 Å². The first kappa shape index (κ1) is 14.5. The van der Waals surface area contributed by atoms with Crippen LogP contribution in [0, 0.1) is 0 Å². The van der Waals surface area contributed by atoms with E-state index in [1.807, 2.05) is 26.8 Å². The first-order valence-corrected chi connectivity index (χ1v) is 6.63. The zero-order valence-corrected chi connectivity index (χ0v) is 12.3. The average Bonchev–Trinajstić information content (AvgIpc) is 2.87. The van der Waals surface area contributed by atoms with E-state index in [1.54, 1.807) is 28.8 Å². The van der Waals surface area contributed by atoms with Gasteiger partial charge >= 0.3 is 0 Å². The molecule has 20 heavy (non-hydrogen) atoms. The van der Waals surface area contributed by atoms with Gasteiger partial charge < -0.3 is 10.0 Å². The standard InChI is InChI=1S/C14H20N4O2/c1-5-18-12-7-6-10(8-11(12)15-16-18)13(20)17(4)14(2,3)9-19/h6-8,19H,5,9H2,1-4H3. The maximum Gasteiger partial charge on any atom is 0.254 e. The van der Waals surface area contributed by atoms with E-state index in [1.165, 1.54) is 0 Å². The Kier molecular flexibility index (Phi) is 3.76. The molecule has 0 saturated carbocycles. The van der Waals surface area contributed by atoms with Crippen LogP contribution in [0.25, 0.3) is 11.0 Å². The highest BCUT2D eigenvalue weighted by Crippen LogP contribution is 2.18. The van der Waals surface area contributed by atoms with Crippen molar-refractivity contribution in [2.45, 2.75) is 32.9 Å². The third kappa shape index (κ3) is 2.38. The molecule has 0 aliphatic heterocycles. The van der Waals surface area contributed by atoms with Crippen LogP contribution >= 0.6 is 0 Å². The van der Waals surface area contributed by atoms with E-state index in [2.05, 4.69) is 10.3 Å². The van der Waals surface area contributed by atoms with Crippen molar-refractivity contribution in [3.05, 3.63) is 23.8 Å². The van der Waals surface area contributed by atoms with Gasteiger partial charge in [-0.3, -0.25) is 4.79 Å². The number of hydrogen-bond acceptors (Lipinski definition) is 4. The molecule has 0 atom stereocenters. The molecule has 0 spiro atoms. The summed E-state index contributed by atoms with van der Waals surface area (Å²) in [5.74, 6) is -0.142. The number of fused-ring (bicyclic) bond motifs is 1. The maximum absolute atomic E-state index is 12.4. The summed E-state index contributed by atoms with van der Waals surface area (Å²) >= 11 is 0. The third-order valence-electron chi connectivity index (χ3n) is 3.66. The van der Waals surface area contributed by atoms with E-state index in [0.717, 1.165) is 12.1 Å². The lowest BCUT2D eigenvalue weighted by Crippen LogP contribution is -2.47. The summed E-state index contributed by atoms with van der Waals surface area (Å²) in [4.78, 5) is 14.0. The largest absolute Gasteiger partial charge is 0.394 e. The Labute approximate surface area is 118 Å². The number of aliphatic hydroxyl groups is 1. The fourth-order valence-corrected chi connectivity index (χ4v) is 1.91. The molecular formula is C14H20N4O2. The molecule has 0 unspecified atom stereocenters. The molecule has 0 aliphatic rings. The summed E-state index contributed by atoms with van der Waals surface area (Å²) in [5, 5.41) is 17.4. The molecule has 0 saturated heterocycles. The zero-order valence-electron chi connectivity index (χ0n) is 12.3. The van der Waals surface area contributed by atoms with Crippen LogP contribution in [-0.2, 0) is 6.54 Å². The number of carbonyl (C=O) groups is 1. The Morgan fingerprint density at radius 2 is 2.15 bits per heavy atom. The van der Waals surface area contributed by atoms with E-state index in [0.29, 0.717) is 11.1 Å². The normalized spacial score (nSPS) is 11.8. The number of amides is 1. The molecule has 0 fully saturated rings. The molecule has 108 valence electrons. The lowest BCUT2D eigenvalue weighted by molar-refractivity contribution is 0.0473. The van der Waals surface area contributed by atoms with E-state index in [9.17, 15) is 9.90 Å². The SMILES string of the molecule is CCn1nnc2cc(C(=O)N(C)C(C)(C)CO)ccc21. The monoisotopic (exact) mass is 276 g/mol. The van der Waals surface area contributed by atoms with Gasteiger partial charge in [0.15, 0.2) is 0 Å². The number of aromatic nitrogens is 3. The summed E-state index contributed by atoms with van der Waals surface area (Å²) < 4.78 is 1.78. The number of aliphatic hydroxyl groups excluding tert-OH is 1. The van der Waals surface area contributed by atoms with Crippen molar-refractivity contribution in [3.8, 4) is 0 Å². The van der Waals surface area contributed by atoms with Crippen molar-refractivity contribution in [1.82, 2.24) is 19.9 Å². The fraction of sp³-hybridized carbons (Fsp3) is 0.500. The number of rotatable bonds is 4. The highest BCUT2D eigenvalue weighted by Gasteiger charge is 2.27. The van der Waals surface area contributed by atoms with Crippen molar-refractivity contribution in [2.75, 3.05) is 13.7 Å². The summed E-state index contributed by atoms with van der Waals surface area (Å²) in [5.41, 5.74) is 1.55. The van der Waals surface area contributed by atoms with Crippen LogP contribution in [0.2, 0.25) is 0 Å². The van der Waals surface area contributed by atoms with Gasteiger partial charge in [-0.05, 0) is 39.0 Å². The minimum Gasteiger partial charge on any atom is -0.394 e. The van der Waals surface area contributed by atoms with Gasteiger partial charge in [0.1, 0.15) is 5.52 Å². The van der Waals surface area contributed by atoms with Gasteiger partial charge in [-0.2, -0.15) is 0 Å². The first-order valence-electron chi connectivity index (χ1n) is 6.63. The summed E-state index contributed by atoms with van der Waals surface area (Å²) in [6.45, 7) is 6.27. The Morgan fingerprint density at radius 3 is 2.75 bits per heavy atom. The van der Waals surface area contributed by atoms with E-state index >= 15 is 0 Å². The molecule has 1 N–H and O–H groups in total. The van der Waals surface area contributed by atoms with Crippen molar-refractivity contribution in [2.24, 2.45) is 0 Å². The number of benzene rings is 1. The maximum atomic E-state index is 12.4. The van der Waals surface area contributed by atoms with Crippen LogP contribution in [0.5, 0.6) is 0 Å². The molecule has 1 amide bonds. The van der Waals surface area contributed by atoms with E-state index in [4.69, 9.17) is 0 Å². The minimum absolute atomic E-state index is 0.0937. The summed E-state index contributed by atoms with van der Waals surface area (Å²) in [6.07, 6.45) is 0. The second kappa shape index (κ2) is 5.20. The molecule has 0 bridgehead atoms. The quantitative estimate of drug-likeness (QED) is 0.913. The van der Waals surface area contributed by atoms with E-state index < -0.39 is 5.54 Å². The van der Waals surface area contributed by atoms with E-state index in [-0.39, 0.29) is 12.5 Å². The molecule has 6 nitrogen and oxygen atoms in total. The lowest BCUT2D eigenvalue weighted by Gasteiger charge is -2.34. The Hall–Kier alpha value is -1.95. The van der Waals surface area contributed by atoms with Crippen LogP contribution in [0.3, 0.4) is 0 Å². The molecule has 1 aromatic carbocycles. The molecule has 1 heterocycles. The lowest BCUT2D eigenvalue weighted by atomic mass is 10.0. The number of likely N-dealkylation sites (N-methyl/N-ethyl adjacent to an activating group) is 1. The molecule has 1 aromatic heterocycles. The van der Waals surface area contributed by atoms with Gasteiger partial charge in [-0.25, -0.2) is 4.68 Å². The Morgan fingerprint density at radius 1 is 1.45 bits per heavy atom. The van der Waals surface area contributed by atoms with Crippen LogP contribution in [0.4, 0.5) is 0 Å². The third-order valence-corrected chi connectivity index (χ3v) is 3.66. The van der Waals surface area contributed by atoms with Crippen molar-refractivity contribution in [1.29, 1.82) is 0 Å². The second-order valence-electron chi connectivity index (χ2n) is 5.44. The number of carbonyl (C=O) groups excluding carboxylic acids is 1. The van der Waals surface area contributed by atoms with Crippen LogP contribution in [-0.4, -0.2) is 50.1 Å². The average molecular weight is 276 g/mol. The predicted octanol–water partition coefficient (Wildman–Crippen LogP) is 1.29. The van der Waals surface area contributed by atoms with Crippen LogP contribution in [0.1, 0.15) is 31.1 Å². The number of aryl methyl sites for hydroxylation is 1. The second-order valence-corrected chi connectivity index (χ2v) is 5.44. The highest BCUT2D eigenvalue weighted by molar-refractivity contribution is 5.97. The van der Waals surface area contributed by atoms with Gasteiger partial charge in [0.2, 0.25) is 0 Å². The predicted molar refractivity (Wildman–Crippen MR) is 76.5 cm³/mol. The molecular weight excluding hydrogens is 256 g/mol. The van der Waals surface area contributed by atoms with Crippen molar-refractivity contribution < 1.29 is 9.90 Å². The zero-order chi connectivity index (χ0) is 14.9. The van der Waals surface area contributed by atoms with Gasteiger partial charge in [-0.1, -0.05) is 5.21 Å². The highest BCUT2D eigenvalue weighted by atomic mass is 16.3. The Balaban J connectivity index is 2.36. The molecule has 0 radical (unpaired) electrons. The minimum atomic E-state index is -0.604. The van der Waals surface area contributed by atoms with Crippen molar-refractivity contribution >= 4 is 16.9 Å². The molecule has 0 aliphatic carbocycles. The fourth-order valence-electron chi connectivity index (χ4n) is 1.91. The van der Waals surface area contributed by atoms with Crippen LogP contribution < -0.4 is 0 Å². The molecule has 6 heteroatoms. The molecule has 2 aromatic rings. The van der Waals surface area contributed by atoms with Gasteiger partial charge in [0, 0.05) is 19.2 Å². The first-order chi connectivity index (χ1) is 9.40. The smallest absolute Gasteiger partial charge is 0.254 e. The topological polar surface area (TPSA) is 71.2 Å². The summed E-state index contributed by atoms with van der Waals surface area (Å²) in [7, 11) is 1.69. The van der Waals surface area contributed by atoms with Gasteiger partial charge in [-0.15, -0.1) is 5.10 Å². The summed E-state index contributed by atoms with van der Waals surface area (Å²) in [6, 6.07) is 5.36. The number of nitrogens with zero attached hydrogens (tertiary/aromatic N) is 4.